The molecule has 7 fully saturated rings. The fourth-order valence-electron chi connectivity index (χ4n) is 10.2. The van der Waals surface area contributed by atoms with Gasteiger partial charge in [-0.1, -0.05) is 0 Å². The number of methoxy groups -OCH3 is 1. The molecular weight excluding hydrogens is 1130 g/mol. The largest absolute Gasteiger partial charge is 0.394 e. The van der Waals surface area contributed by atoms with Gasteiger partial charge in [-0.05, 0) is 13.8 Å². The standard InChI is InChI=1S/C26H46O21.C19H34O16/c1-26(39)10(5-29)45-25(17(36)21(26)37)47-20-9(6-41-23-15(34)12(31)18(40-2)7(3-27)43-23)44-24(16(35)13(20)32)46-19-8(4-28)42-22(38)14(33)11(19)30;1-19(30)7(4-22)33-18(12(27)15(19)28)35-14-6(3-21)32-17(11(26)9(14)24)34-13-5(2-20)31-16(29)10(25)8(13)23/h7-25,27-39H,3-6H2,1-2H3;5-18,20-30H,2-4H2,1H3/t7?,8?,9?,10?,11-,12-,13-,14?,15?,16?,17?,18+,19+,20+,21-,22-,23-,24+,25+,26+;5?,6?,7?,8-,9-,10?,11?,12?,13+,14+,15-,16-,17+,18+,19+/m00/s1. The van der Waals surface area contributed by atoms with Gasteiger partial charge < -0.3 is 184 Å². The van der Waals surface area contributed by atoms with E-state index >= 15 is 0 Å². The van der Waals surface area contributed by atoms with Crippen molar-refractivity contribution in [1.29, 1.82) is 0 Å². The Bertz CT molecular complexity index is 1900. The van der Waals surface area contributed by atoms with Gasteiger partial charge in [0.2, 0.25) is 0 Å². The zero-order chi connectivity index (χ0) is 61.2. The molecule has 7 heterocycles. The van der Waals surface area contributed by atoms with Crippen LogP contribution < -0.4 is 0 Å². The van der Waals surface area contributed by atoms with Gasteiger partial charge in [0.1, 0.15) is 170 Å². The Kier molecular flexibility index (Phi) is 24.8. The second kappa shape index (κ2) is 29.2. The number of ether oxygens (including phenoxy) is 13. The average Bonchev–Trinajstić information content (AvgIpc) is 3.06. The predicted molar refractivity (Wildman–Crippen MR) is 249 cm³/mol. The molecule has 0 spiro atoms. The molecule has 482 valence electrons. The lowest BCUT2D eigenvalue weighted by molar-refractivity contribution is -0.388. The molecule has 0 aromatic heterocycles. The molecular formula is C45H80O37. The first-order chi connectivity index (χ1) is 38.5. The monoisotopic (exact) mass is 1210 g/mol. The fourth-order valence-corrected chi connectivity index (χ4v) is 10.2. The smallest absolute Gasteiger partial charge is 0.187 e. The Morgan fingerprint density at radius 1 is 0.317 bits per heavy atom. The van der Waals surface area contributed by atoms with Gasteiger partial charge in [0, 0.05) is 7.11 Å². The Morgan fingerprint density at radius 3 is 0.951 bits per heavy atom. The molecule has 0 aromatic rings. The Balaban J connectivity index is 0.000000275. The second-order valence-electron chi connectivity index (χ2n) is 21.0. The Labute approximate surface area is 464 Å². The van der Waals surface area contributed by atoms with Crippen molar-refractivity contribution in [1.82, 2.24) is 0 Å². The average molecular weight is 1210 g/mol. The van der Waals surface area contributed by atoms with Gasteiger partial charge in [-0.15, -0.1) is 0 Å². The zero-order valence-electron chi connectivity index (χ0n) is 44.0. The van der Waals surface area contributed by atoms with Crippen LogP contribution in [0.4, 0.5) is 0 Å². The summed E-state index contributed by atoms with van der Waals surface area (Å²) in [6.07, 6.45) is -56.4. The van der Waals surface area contributed by atoms with Crippen LogP contribution in [0.25, 0.3) is 0 Å². The van der Waals surface area contributed by atoms with E-state index < -0.39 is 260 Å². The quantitative estimate of drug-likeness (QED) is 0.0606. The van der Waals surface area contributed by atoms with Crippen molar-refractivity contribution in [3.05, 3.63) is 0 Å². The van der Waals surface area contributed by atoms with Crippen LogP contribution in [-0.4, -0.2) is 390 Å². The molecule has 7 aliphatic rings. The lowest BCUT2D eigenvalue weighted by atomic mass is 9.86. The summed E-state index contributed by atoms with van der Waals surface area (Å²) in [5.74, 6) is 0. The lowest BCUT2D eigenvalue weighted by Gasteiger charge is -2.50. The molecule has 7 aliphatic heterocycles. The van der Waals surface area contributed by atoms with Crippen LogP contribution >= 0.6 is 0 Å². The van der Waals surface area contributed by atoms with Crippen LogP contribution in [0.2, 0.25) is 0 Å². The summed E-state index contributed by atoms with van der Waals surface area (Å²) in [6, 6.07) is 0. The van der Waals surface area contributed by atoms with Crippen LogP contribution in [0.5, 0.6) is 0 Å². The Hall–Kier alpha value is -1.48. The summed E-state index contributed by atoms with van der Waals surface area (Å²) >= 11 is 0. The van der Waals surface area contributed by atoms with Crippen molar-refractivity contribution < 1.29 is 184 Å². The molecule has 7 saturated heterocycles. The molecule has 0 bridgehead atoms. The van der Waals surface area contributed by atoms with Gasteiger partial charge in [0.25, 0.3) is 0 Å². The molecule has 7 rings (SSSR count). The normalized spacial score (nSPS) is 53.1. The molecule has 0 aromatic carbocycles. The topological polar surface area (TPSA) is 606 Å². The van der Waals surface area contributed by atoms with Crippen molar-refractivity contribution in [2.24, 2.45) is 0 Å². The fraction of sp³-hybridized carbons (Fsp3) is 1.00. The highest BCUT2D eigenvalue weighted by Crippen LogP contribution is 2.38. The first kappa shape index (κ1) is 69.6. The molecule has 0 amide bonds. The maximum atomic E-state index is 11.2. The van der Waals surface area contributed by atoms with Crippen molar-refractivity contribution in [2.75, 3.05) is 53.4 Å². The highest BCUT2D eigenvalue weighted by Gasteiger charge is 2.59. The summed E-state index contributed by atoms with van der Waals surface area (Å²) in [5, 5.41) is 245. The third-order valence-electron chi connectivity index (χ3n) is 15.5. The third kappa shape index (κ3) is 14.3. The van der Waals surface area contributed by atoms with Gasteiger partial charge in [0.05, 0.1) is 46.2 Å². The molecule has 82 heavy (non-hydrogen) atoms. The van der Waals surface area contributed by atoms with E-state index in [-0.39, 0.29) is 0 Å². The maximum absolute atomic E-state index is 11.2. The van der Waals surface area contributed by atoms with Crippen LogP contribution in [0, 0.1) is 0 Å². The summed E-state index contributed by atoms with van der Waals surface area (Å²) in [5.41, 5.74) is -4.19. The molecule has 37 heteroatoms. The van der Waals surface area contributed by atoms with Gasteiger partial charge in [0.15, 0.2) is 44.0 Å². The van der Waals surface area contributed by atoms with Crippen molar-refractivity contribution >= 4 is 0 Å². The summed E-state index contributed by atoms with van der Waals surface area (Å²) in [7, 11) is 1.22. The number of rotatable bonds is 18. The minimum Gasteiger partial charge on any atom is -0.394 e. The highest BCUT2D eigenvalue weighted by atomic mass is 16.8. The summed E-state index contributed by atoms with van der Waals surface area (Å²) < 4.78 is 70.4. The summed E-state index contributed by atoms with van der Waals surface area (Å²) in [6.45, 7) is -3.18. The van der Waals surface area contributed by atoms with E-state index in [4.69, 9.17) is 61.6 Å². The van der Waals surface area contributed by atoms with E-state index in [2.05, 4.69) is 0 Å². The van der Waals surface area contributed by atoms with E-state index in [9.17, 15) is 123 Å². The predicted octanol–water partition coefficient (Wildman–Crippen LogP) is -15.9. The minimum atomic E-state index is -2.14. The minimum absolute atomic E-state index is 0.651. The molecule has 0 radical (unpaired) electrons. The van der Waals surface area contributed by atoms with Gasteiger partial charge in [-0.25, -0.2) is 0 Å². The number of aliphatic hydroxyl groups excluding tert-OH is 22. The third-order valence-corrected chi connectivity index (χ3v) is 15.5. The van der Waals surface area contributed by atoms with E-state index in [1.165, 1.54) is 7.11 Å². The first-order valence-corrected chi connectivity index (χ1v) is 25.8. The first-order valence-electron chi connectivity index (χ1n) is 25.8. The van der Waals surface area contributed by atoms with Crippen molar-refractivity contribution in [2.45, 2.75) is 228 Å². The van der Waals surface area contributed by atoms with E-state index in [1.54, 1.807) is 0 Å². The van der Waals surface area contributed by atoms with Crippen LogP contribution in [0.15, 0.2) is 0 Å². The molecule has 0 aliphatic carbocycles. The summed E-state index contributed by atoms with van der Waals surface area (Å²) in [4.78, 5) is 0. The van der Waals surface area contributed by atoms with Crippen molar-refractivity contribution in [3.63, 3.8) is 0 Å². The molecule has 0 saturated carbocycles. The van der Waals surface area contributed by atoms with Gasteiger partial charge in [-0.3, -0.25) is 0 Å². The zero-order valence-corrected chi connectivity index (χ0v) is 44.0. The van der Waals surface area contributed by atoms with Gasteiger partial charge >= 0.3 is 0 Å². The SMILES string of the molecule is CO[C@@H]1C(CO)O[C@H](OCC2O[C@H](O[C@@H]3C(CO)O[C@H](O)C(O)[C@@H]3O)C(O)[C@H](O)[C@@H]2O[C@H]2OC(CO)[C@@](C)(O)[C@@H](O)C2O)C(O)[C@@H]1O.C[C@@]1(O)C(CO)O[C@H](O[C@@H]2C(CO)O[C@H](O[C@@H]3C(CO)O[C@H](O)C(O)[C@@H]3O)C(O)[C@@H]2O)C(O)[C@@H]1O. The van der Waals surface area contributed by atoms with E-state index in [1.807, 2.05) is 0 Å². The number of hydrogen-bond donors (Lipinski definition) is 24. The lowest BCUT2D eigenvalue weighted by Crippen LogP contribution is -2.69. The molecule has 35 atom stereocenters. The molecule has 14 unspecified atom stereocenters. The van der Waals surface area contributed by atoms with E-state index in [0.717, 1.165) is 13.8 Å². The van der Waals surface area contributed by atoms with Crippen molar-refractivity contribution in [3.8, 4) is 0 Å². The molecule has 24 N–H and O–H groups in total. The van der Waals surface area contributed by atoms with Crippen LogP contribution in [0.3, 0.4) is 0 Å². The van der Waals surface area contributed by atoms with Crippen LogP contribution in [-0.2, 0) is 61.6 Å². The highest BCUT2D eigenvalue weighted by molar-refractivity contribution is 5.03. The van der Waals surface area contributed by atoms with Crippen LogP contribution in [0.1, 0.15) is 13.8 Å². The van der Waals surface area contributed by atoms with Gasteiger partial charge in [-0.2, -0.15) is 0 Å². The maximum Gasteiger partial charge on any atom is 0.187 e. The van der Waals surface area contributed by atoms with E-state index in [0.29, 0.717) is 0 Å². The number of hydrogen-bond acceptors (Lipinski definition) is 37. The Morgan fingerprint density at radius 2 is 0.598 bits per heavy atom. The molecule has 37 nitrogen and oxygen atoms in total. The number of aliphatic hydroxyl groups is 24. The second-order valence-corrected chi connectivity index (χ2v) is 21.0.